The van der Waals surface area contributed by atoms with E-state index in [4.69, 9.17) is 0 Å². The third-order valence-electron chi connectivity index (χ3n) is 2.90. The molecule has 0 radical (unpaired) electrons. The van der Waals surface area contributed by atoms with Crippen molar-refractivity contribution in [1.29, 1.82) is 0 Å². The van der Waals surface area contributed by atoms with Crippen molar-refractivity contribution in [3.8, 4) is 0 Å². The van der Waals surface area contributed by atoms with Crippen LogP contribution in [0.2, 0.25) is 0 Å². The first kappa shape index (κ1) is 9.97. The summed E-state index contributed by atoms with van der Waals surface area (Å²) in [5.41, 5.74) is 4.08. The Morgan fingerprint density at radius 2 is 2.13 bits per heavy atom. The molecule has 2 heteroatoms. The summed E-state index contributed by atoms with van der Waals surface area (Å²) in [5.74, 6) is 0. The Bertz CT molecular complexity index is 379. The van der Waals surface area contributed by atoms with Crippen LogP contribution in [0.15, 0.2) is 48.3 Å². The smallest absolute Gasteiger partial charge is 0.0400 e. The largest absolute Gasteiger partial charge is 0.367 e. The monoisotopic (exact) mass is 200 g/mol. The van der Waals surface area contributed by atoms with Gasteiger partial charge in [-0.1, -0.05) is 18.2 Å². The molecule has 2 nitrogen and oxygen atoms in total. The number of nitrogens with zero attached hydrogens (tertiary/aromatic N) is 2. The van der Waals surface area contributed by atoms with Crippen LogP contribution in [0.3, 0.4) is 0 Å². The predicted molar refractivity (Wildman–Crippen MR) is 64.0 cm³/mol. The normalized spacial score (nSPS) is 16.7. The number of rotatable bonds is 2. The van der Waals surface area contributed by atoms with Gasteiger partial charge in [-0.25, -0.2) is 0 Å². The number of hydrogen-bond donors (Lipinski definition) is 0. The van der Waals surface area contributed by atoms with Gasteiger partial charge in [-0.3, -0.25) is 4.98 Å². The maximum absolute atomic E-state index is 4.04. The summed E-state index contributed by atoms with van der Waals surface area (Å²) >= 11 is 0. The molecule has 0 aliphatic carbocycles. The minimum Gasteiger partial charge on any atom is -0.367 e. The summed E-state index contributed by atoms with van der Waals surface area (Å²) < 4.78 is 0. The molecule has 15 heavy (non-hydrogen) atoms. The third kappa shape index (κ3) is 2.09. The first-order valence-electron chi connectivity index (χ1n) is 5.27. The zero-order valence-corrected chi connectivity index (χ0v) is 9.11. The Labute approximate surface area is 90.9 Å². The summed E-state index contributed by atoms with van der Waals surface area (Å²) in [7, 11) is 0. The van der Waals surface area contributed by atoms with Crippen LogP contribution in [0.25, 0.3) is 0 Å². The van der Waals surface area contributed by atoms with Crippen LogP contribution < -0.4 is 4.90 Å². The van der Waals surface area contributed by atoms with Gasteiger partial charge in [0.25, 0.3) is 0 Å². The zero-order valence-electron chi connectivity index (χ0n) is 9.11. The topological polar surface area (TPSA) is 16.1 Å². The lowest BCUT2D eigenvalue weighted by Gasteiger charge is -2.30. The van der Waals surface area contributed by atoms with E-state index in [2.05, 4.69) is 35.5 Å². The van der Waals surface area contributed by atoms with E-state index in [1.165, 1.54) is 16.8 Å². The average molecular weight is 200 g/mol. The van der Waals surface area contributed by atoms with Crippen molar-refractivity contribution in [3.63, 3.8) is 0 Å². The molecule has 0 saturated carbocycles. The van der Waals surface area contributed by atoms with Gasteiger partial charge >= 0.3 is 0 Å². The fraction of sp³-hybridized carbons (Fsp3) is 0.308. The van der Waals surface area contributed by atoms with Crippen molar-refractivity contribution >= 4 is 5.69 Å². The minimum absolute atomic E-state index is 1.01. The first-order valence-corrected chi connectivity index (χ1v) is 5.27. The quantitative estimate of drug-likeness (QED) is 0.729. The Balaban J connectivity index is 2.17. The second kappa shape index (κ2) is 4.30. The fourth-order valence-corrected chi connectivity index (χ4v) is 1.99. The van der Waals surface area contributed by atoms with Crippen LogP contribution in [0.4, 0.5) is 5.69 Å². The van der Waals surface area contributed by atoms with Gasteiger partial charge in [0, 0.05) is 31.2 Å². The second-order valence-electron chi connectivity index (χ2n) is 3.89. The van der Waals surface area contributed by atoms with Gasteiger partial charge in [0.15, 0.2) is 0 Å². The average Bonchev–Trinajstić information content (AvgIpc) is 2.30. The Hall–Kier alpha value is -1.57. The summed E-state index contributed by atoms with van der Waals surface area (Å²) in [4.78, 5) is 6.41. The van der Waals surface area contributed by atoms with E-state index in [0.29, 0.717) is 0 Å². The maximum Gasteiger partial charge on any atom is 0.0400 e. The summed E-state index contributed by atoms with van der Waals surface area (Å²) in [6.07, 6.45) is 6.77. The molecule has 1 aromatic rings. The summed E-state index contributed by atoms with van der Waals surface area (Å²) in [6.45, 7) is 8.11. The van der Waals surface area contributed by atoms with Crippen molar-refractivity contribution in [3.05, 3.63) is 48.3 Å². The first-order chi connectivity index (χ1) is 7.31. The Kier molecular flexibility index (Phi) is 2.86. The Morgan fingerprint density at radius 1 is 1.40 bits per heavy atom. The summed E-state index contributed by atoms with van der Waals surface area (Å²) in [6, 6.07) is 4.12. The minimum atomic E-state index is 1.01. The Morgan fingerprint density at radius 3 is 2.73 bits per heavy atom. The molecule has 1 aliphatic rings. The lowest BCUT2D eigenvalue weighted by molar-refractivity contribution is 0.769. The number of hydrogen-bond acceptors (Lipinski definition) is 2. The highest BCUT2D eigenvalue weighted by atomic mass is 15.1. The molecule has 0 aromatic carbocycles. The van der Waals surface area contributed by atoms with Crippen molar-refractivity contribution in [2.75, 3.05) is 18.0 Å². The highest BCUT2D eigenvalue weighted by molar-refractivity contribution is 5.48. The van der Waals surface area contributed by atoms with Crippen LogP contribution in [-0.2, 0) is 0 Å². The SMILES string of the molecule is C=CC1=C(C)CN(c2ccncc2)CC1. The van der Waals surface area contributed by atoms with E-state index in [0.717, 1.165) is 19.5 Å². The van der Waals surface area contributed by atoms with Gasteiger partial charge in [-0.05, 0) is 31.1 Å². The van der Waals surface area contributed by atoms with E-state index in [-0.39, 0.29) is 0 Å². The molecular formula is C13H16N2. The van der Waals surface area contributed by atoms with E-state index in [9.17, 15) is 0 Å². The van der Waals surface area contributed by atoms with Gasteiger partial charge < -0.3 is 4.90 Å². The molecule has 2 heterocycles. The molecule has 0 saturated heterocycles. The number of aromatic nitrogens is 1. The molecule has 0 amide bonds. The van der Waals surface area contributed by atoms with Crippen LogP contribution >= 0.6 is 0 Å². The second-order valence-corrected chi connectivity index (χ2v) is 3.89. The molecule has 0 bridgehead atoms. The van der Waals surface area contributed by atoms with Crippen molar-refractivity contribution < 1.29 is 0 Å². The van der Waals surface area contributed by atoms with Gasteiger partial charge in [-0.15, -0.1) is 0 Å². The van der Waals surface area contributed by atoms with Crippen molar-refractivity contribution in [2.24, 2.45) is 0 Å². The highest BCUT2D eigenvalue weighted by Crippen LogP contribution is 2.23. The lowest BCUT2D eigenvalue weighted by Crippen LogP contribution is -2.30. The van der Waals surface area contributed by atoms with Gasteiger partial charge in [0.05, 0.1) is 0 Å². The number of allylic oxidation sites excluding steroid dienone is 1. The molecule has 1 aromatic heterocycles. The van der Waals surface area contributed by atoms with Crippen molar-refractivity contribution in [1.82, 2.24) is 4.98 Å². The van der Waals surface area contributed by atoms with Crippen LogP contribution in [0.5, 0.6) is 0 Å². The van der Waals surface area contributed by atoms with Gasteiger partial charge in [0.2, 0.25) is 0 Å². The molecule has 2 rings (SSSR count). The van der Waals surface area contributed by atoms with Gasteiger partial charge in [0.1, 0.15) is 0 Å². The molecular weight excluding hydrogens is 184 g/mol. The van der Waals surface area contributed by atoms with E-state index < -0.39 is 0 Å². The fourth-order valence-electron chi connectivity index (χ4n) is 1.99. The van der Waals surface area contributed by atoms with Crippen LogP contribution in [0.1, 0.15) is 13.3 Å². The van der Waals surface area contributed by atoms with Crippen molar-refractivity contribution in [2.45, 2.75) is 13.3 Å². The molecule has 0 spiro atoms. The third-order valence-corrected chi connectivity index (χ3v) is 2.90. The maximum atomic E-state index is 4.04. The van der Waals surface area contributed by atoms with E-state index >= 15 is 0 Å². The van der Waals surface area contributed by atoms with Gasteiger partial charge in [-0.2, -0.15) is 0 Å². The zero-order chi connectivity index (χ0) is 10.7. The van der Waals surface area contributed by atoms with E-state index in [1.54, 1.807) is 0 Å². The molecule has 0 unspecified atom stereocenters. The lowest BCUT2D eigenvalue weighted by atomic mass is 10.0. The van der Waals surface area contributed by atoms with E-state index in [1.807, 2.05) is 18.5 Å². The summed E-state index contributed by atoms with van der Waals surface area (Å²) in [5, 5.41) is 0. The standard InChI is InChI=1S/C13H16N2/c1-3-12-6-9-15(10-11(12)2)13-4-7-14-8-5-13/h3-5,7-8H,1,6,9-10H2,2H3. The molecule has 1 aliphatic heterocycles. The molecule has 0 N–H and O–H groups in total. The molecule has 0 fully saturated rings. The molecule has 78 valence electrons. The van der Waals surface area contributed by atoms with Crippen LogP contribution in [-0.4, -0.2) is 18.1 Å². The van der Waals surface area contributed by atoms with Crippen LogP contribution in [0, 0.1) is 0 Å². The predicted octanol–water partition coefficient (Wildman–Crippen LogP) is 2.79. The number of pyridine rings is 1. The highest BCUT2D eigenvalue weighted by Gasteiger charge is 2.14. The molecule has 0 atom stereocenters. The number of anilines is 1.